The maximum Gasteiger partial charge on any atom is 0.240 e. The summed E-state index contributed by atoms with van der Waals surface area (Å²) in [6, 6.07) is 5.39. The highest BCUT2D eigenvalue weighted by Crippen LogP contribution is 2.23. The van der Waals surface area contributed by atoms with Crippen molar-refractivity contribution in [1.29, 1.82) is 0 Å². The second kappa shape index (κ2) is 5.82. The van der Waals surface area contributed by atoms with Gasteiger partial charge in [-0.25, -0.2) is 13.1 Å². The van der Waals surface area contributed by atoms with Crippen LogP contribution >= 0.6 is 0 Å². The highest BCUT2D eigenvalue weighted by molar-refractivity contribution is 7.89. The van der Waals surface area contributed by atoms with Gasteiger partial charge in [0.2, 0.25) is 10.0 Å². The van der Waals surface area contributed by atoms with Crippen molar-refractivity contribution in [3.8, 4) is 0 Å². The van der Waals surface area contributed by atoms with Gasteiger partial charge in [0.25, 0.3) is 0 Å². The molecule has 0 heterocycles. The number of aryl methyl sites for hydroxylation is 2. The molecule has 0 atom stereocenters. The van der Waals surface area contributed by atoms with E-state index in [1.54, 1.807) is 12.1 Å². The van der Waals surface area contributed by atoms with Crippen molar-refractivity contribution in [2.75, 3.05) is 13.2 Å². The molecule has 100 valence electrons. The maximum atomic E-state index is 12.0. The summed E-state index contributed by atoms with van der Waals surface area (Å²) in [4.78, 5) is 0.334. The van der Waals surface area contributed by atoms with Gasteiger partial charge in [-0.15, -0.1) is 0 Å². The Morgan fingerprint density at radius 1 is 1.17 bits per heavy atom. The molecule has 0 saturated carbocycles. The maximum absolute atomic E-state index is 12.0. The Morgan fingerprint density at radius 2 is 1.89 bits per heavy atom. The number of sulfonamides is 1. The van der Waals surface area contributed by atoms with E-state index in [4.69, 9.17) is 5.11 Å². The molecular formula is C13H19NO3S. The molecule has 0 aliphatic heterocycles. The molecule has 2 rings (SSSR count). The summed E-state index contributed by atoms with van der Waals surface area (Å²) in [6.07, 6.45) is 4.77. The second-order valence-electron chi connectivity index (χ2n) is 4.61. The summed E-state index contributed by atoms with van der Waals surface area (Å²) in [5.74, 6) is 0. The molecule has 0 radical (unpaired) electrons. The monoisotopic (exact) mass is 269 g/mol. The van der Waals surface area contributed by atoms with Gasteiger partial charge in [0.15, 0.2) is 0 Å². The van der Waals surface area contributed by atoms with Crippen LogP contribution in [0.25, 0.3) is 0 Å². The first-order valence-corrected chi connectivity index (χ1v) is 7.84. The van der Waals surface area contributed by atoms with E-state index in [9.17, 15) is 8.42 Å². The van der Waals surface area contributed by atoms with E-state index in [0.717, 1.165) is 24.8 Å². The van der Waals surface area contributed by atoms with Crippen LogP contribution in [0.5, 0.6) is 0 Å². The number of fused-ring (bicyclic) bond motifs is 1. The van der Waals surface area contributed by atoms with Crippen LogP contribution in [0.2, 0.25) is 0 Å². The first-order chi connectivity index (χ1) is 8.63. The van der Waals surface area contributed by atoms with Crippen molar-refractivity contribution >= 4 is 10.0 Å². The molecule has 1 aliphatic carbocycles. The van der Waals surface area contributed by atoms with Gasteiger partial charge in [0.1, 0.15) is 0 Å². The number of benzene rings is 1. The summed E-state index contributed by atoms with van der Waals surface area (Å²) in [5.41, 5.74) is 2.43. The second-order valence-corrected chi connectivity index (χ2v) is 6.38. The Hall–Kier alpha value is -0.910. The van der Waals surface area contributed by atoms with E-state index in [-0.39, 0.29) is 13.2 Å². The Balaban J connectivity index is 2.17. The minimum absolute atomic E-state index is 0.00723. The van der Waals surface area contributed by atoms with Gasteiger partial charge < -0.3 is 5.11 Å². The molecule has 1 aromatic rings. The molecule has 0 unspecified atom stereocenters. The lowest BCUT2D eigenvalue weighted by Gasteiger charge is -2.16. The summed E-state index contributed by atoms with van der Waals surface area (Å²) in [5, 5.41) is 8.66. The zero-order valence-electron chi connectivity index (χ0n) is 10.4. The lowest BCUT2D eigenvalue weighted by Crippen LogP contribution is -2.25. The number of aliphatic hydroxyl groups excluding tert-OH is 1. The minimum Gasteiger partial charge on any atom is -0.396 e. The average Bonchev–Trinajstić information content (AvgIpc) is 2.38. The van der Waals surface area contributed by atoms with E-state index < -0.39 is 10.0 Å². The van der Waals surface area contributed by atoms with E-state index in [1.807, 2.05) is 6.07 Å². The number of hydrogen-bond donors (Lipinski definition) is 2. The van der Waals surface area contributed by atoms with Crippen molar-refractivity contribution in [2.24, 2.45) is 0 Å². The van der Waals surface area contributed by atoms with Crippen LogP contribution < -0.4 is 4.72 Å². The fourth-order valence-electron chi connectivity index (χ4n) is 2.25. The molecule has 4 nitrogen and oxygen atoms in total. The SMILES string of the molecule is O=S(=O)(NCCCO)c1ccc2c(c1)CCCC2. The van der Waals surface area contributed by atoms with Crippen LogP contribution in [0.4, 0.5) is 0 Å². The van der Waals surface area contributed by atoms with Gasteiger partial charge in [-0.1, -0.05) is 6.07 Å². The van der Waals surface area contributed by atoms with Crippen molar-refractivity contribution in [2.45, 2.75) is 37.0 Å². The summed E-state index contributed by atoms with van der Waals surface area (Å²) < 4.78 is 26.5. The Kier molecular flexibility index (Phi) is 4.37. The van der Waals surface area contributed by atoms with Crippen LogP contribution in [0.1, 0.15) is 30.4 Å². The van der Waals surface area contributed by atoms with Crippen molar-refractivity contribution in [3.63, 3.8) is 0 Å². The molecule has 1 aromatic carbocycles. The van der Waals surface area contributed by atoms with E-state index >= 15 is 0 Å². The third kappa shape index (κ3) is 3.10. The predicted molar refractivity (Wildman–Crippen MR) is 70.0 cm³/mol. The first-order valence-electron chi connectivity index (χ1n) is 6.36. The lowest BCUT2D eigenvalue weighted by atomic mass is 9.92. The zero-order valence-corrected chi connectivity index (χ0v) is 11.2. The molecule has 18 heavy (non-hydrogen) atoms. The number of rotatable bonds is 5. The third-order valence-electron chi connectivity index (χ3n) is 3.26. The zero-order chi connectivity index (χ0) is 13.0. The highest BCUT2D eigenvalue weighted by Gasteiger charge is 2.16. The summed E-state index contributed by atoms with van der Waals surface area (Å²) in [7, 11) is -3.43. The van der Waals surface area contributed by atoms with Crippen molar-refractivity contribution < 1.29 is 13.5 Å². The van der Waals surface area contributed by atoms with Crippen LogP contribution in [-0.4, -0.2) is 26.7 Å². The van der Waals surface area contributed by atoms with Gasteiger partial charge in [-0.3, -0.25) is 0 Å². The fraction of sp³-hybridized carbons (Fsp3) is 0.538. The van der Waals surface area contributed by atoms with Crippen LogP contribution in [0.3, 0.4) is 0 Å². The summed E-state index contributed by atoms with van der Waals surface area (Å²) in [6.45, 7) is 0.266. The minimum atomic E-state index is -3.43. The topological polar surface area (TPSA) is 66.4 Å². The van der Waals surface area contributed by atoms with Crippen molar-refractivity contribution in [3.05, 3.63) is 29.3 Å². The number of aliphatic hydroxyl groups is 1. The molecule has 1 aliphatic rings. The average molecular weight is 269 g/mol. The smallest absolute Gasteiger partial charge is 0.240 e. The van der Waals surface area contributed by atoms with Gasteiger partial charge in [0.05, 0.1) is 4.90 Å². The Labute approximate surface area is 108 Å². The molecule has 0 bridgehead atoms. The summed E-state index contributed by atoms with van der Waals surface area (Å²) >= 11 is 0. The molecule has 2 N–H and O–H groups in total. The van der Waals surface area contributed by atoms with E-state index in [0.29, 0.717) is 11.3 Å². The molecule has 0 aromatic heterocycles. The van der Waals surface area contributed by atoms with Crippen molar-refractivity contribution in [1.82, 2.24) is 4.72 Å². The molecule has 0 fully saturated rings. The van der Waals surface area contributed by atoms with Gasteiger partial charge in [-0.05, 0) is 55.4 Å². The fourth-order valence-corrected chi connectivity index (χ4v) is 3.37. The van der Waals surface area contributed by atoms with Gasteiger partial charge in [-0.2, -0.15) is 0 Å². The first kappa shape index (κ1) is 13.5. The van der Waals surface area contributed by atoms with Gasteiger partial charge in [0, 0.05) is 13.2 Å². The lowest BCUT2D eigenvalue weighted by molar-refractivity contribution is 0.289. The Morgan fingerprint density at radius 3 is 2.61 bits per heavy atom. The molecule has 0 saturated heterocycles. The quantitative estimate of drug-likeness (QED) is 0.790. The third-order valence-corrected chi connectivity index (χ3v) is 4.72. The number of hydrogen-bond acceptors (Lipinski definition) is 3. The van der Waals surface area contributed by atoms with Crippen LogP contribution in [0.15, 0.2) is 23.1 Å². The molecule has 0 amide bonds. The molecule has 0 spiro atoms. The van der Waals surface area contributed by atoms with E-state index in [2.05, 4.69) is 4.72 Å². The van der Waals surface area contributed by atoms with Gasteiger partial charge >= 0.3 is 0 Å². The van der Waals surface area contributed by atoms with E-state index in [1.165, 1.54) is 12.0 Å². The predicted octanol–water partition coefficient (Wildman–Crippen LogP) is 1.23. The van der Waals surface area contributed by atoms with Crippen LogP contribution in [0, 0.1) is 0 Å². The normalized spacial score (nSPS) is 15.4. The molecule has 5 heteroatoms. The van der Waals surface area contributed by atoms with Crippen LogP contribution in [-0.2, 0) is 22.9 Å². The highest BCUT2D eigenvalue weighted by atomic mass is 32.2. The standard InChI is InChI=1S/C13H19NO3S/c15-9-3-8-14-18(16,17)13-7-6-11-4-1-2-5-12(11)10-13/h6-7,10,14-15H,1-5,8-9H2. The Bertz CT molecular complexity index is 511. The number of nitrogens with one attached hydrogen (secondary N) is 1. The molecular weight excluding hydrogens is 250 g/mol. The largest absolute Gasteiger partial charge is 0.396 e.